The first kappa shape index (κ1) is 15.4. The van der Waals surface area contributed by atoms with Crippen LogP contribution in [0.25, 0.3) is 17.1 Å². The number of nitrogens with zero attached hydrogens (tertiary/aromatic N) is 3. The molecule has 118 valence electrons. The minimum absolute atomic E-state index is 0.113. The van der Waals surface area contributed by atoms with Gasteiger partial charge in [0.25, 0.3) is 0 Å². The molecule has 0 fully saturated rings. The van der Waals surface area contributed by atoms with Gasteiger partial charge in [-0.3, -0.25) is 4.79 Å². The topological polar surface area (TPSA) is 59.8 Å². The smallest absolute Gasteiger partial charge is 0.244 e. The Hall–Kier alpha value is -2.47. The summed E-state index contributed by atoms with van der Waals surface area (Å²) in [7, 11) is 0. The zero-order valence-corrected chi connectivity index (χ0v) is 13.9. The minimum atomic E-state index is -0.113. The number of aryl methyl sites for hydroxylation is 2. The third-order valence-electron chi connectivity index (χ3n) is 3.52. The summed E-state index contributed by atoms with van der Waals surface area (Å²) < 4.78 is 2.11. The summed E-state index contributed by atoms with van der Waals surface area (Å²) in [6, 6.07) is 8.01. The number of carbonyl (C=O) groups is 1. The number of rotatable bonds is 5. The average molecular weight is 326 g/mol. The quantitative estimate of drug-likeness (QED) is 0.733. The predicted molar refractivity (Wildman–Crippen MR) is 93.4 cm³/mol. The third-order valence-corrected chi connectivity index (χ3v) is 4.31. The van der Waals surface area contributed by atoms with Gasteiger partial charge < -0.3 is 9.88 Å². The van der Waals surface area contributed by atoms with E-state index < -0.39 is 0 Å². The highest BCUT2D eigenvalue weighted by Crippen LogP contribution is 2.14. The van der Waals surface area contributed by atoms with Crippen molar-refractivity contribution in [1.29, 1.82) is 0 Å². The van der Waals surface area contributed by atoms with Gasteiger partial charge in [0.15, 0.2) is 0 Å². The van der Waals surface area contributed by atoms with Crippen molar-refractivity contribution in [3.05, 3.63) is 52.2 Å². The minimum Gasteiger partial charge on any atom is -0.351 e. The summed E-state index contributed by atoms with van der Waals surface area (Å²) in [5, 5.41) is 5.81. The summed E-state index contributed by atoms with van der Waals surface area (Å²) in [6.45, 7) is 5.17. The molecule has 3 aromatic rings. The van der Waals surface area contributed by atoms with Gasteiger partial charge in [0.2, 0.25) is 5.91 Å². The van der Waals surface area contributed by atoms with Gasteiger partial charge in [-0.25, -0.2) is 9.97 Å². The number of benzene rings is 1. The van der Waals surface area contributed by atoms with Gasteiger partial charge in [0.1, 0.15) is 5.82 Å². The van der Waals surface area contributed by atoms with Crippen molar-refractivity contribution < 1.29 is 4.79 Å². The molecule has 0 aliphatic rings. The second-order valence-electron chi connectivity index (χ2n) is 5.22. The molecule has 0 saturated carbocycles. The first-order chi connectivity index (χ1) is 11.1. The van der Waals surface area contributed by atoms with Crippen LogP contribution in [0.15, 0.2) is 35.7 Å². The summed E-state index contributed by atoms with van der Waals surface area (Å²) in [5.41, 5.74) is 2.89. The number of carbonyl (C=O) groups excluding carboxylic acids is 1. The molecule has 0 saturated heterocycles. The zero-order chi connectivity index (χ0) is 16.2. The SMILES string of the molecule is Cc1nc(/C=C/C(=O)NCCn2c(C)nc3ccccc32)cs1. The molecular formula is C17H18N4OS. The lowest BCUT2D eigenvalue weighted by molar-refractivity contribution is -0.116. The highest BCUT2D eigenvalue weighted by molar-refractivity contribution is 7.09. The number of thiazole rings is 1. The second-order valence-corrected chi connectivity index (χ2v) is 6.28. The molecule has 1 amide bonds. The van der Waals surface area contributed by atoms with Crippen molar-refractivity contribution in [3.8, 4) is 0 Å². The molecule has 0 aliphatic carbocycles. The molecule has 6 heteroatoms. The van der Waals surface area contributed by atoms with Crippen molar-refractivity contribution >= 4 is 34.4 Å². The van der Waals surface area contributed by atoms with Crippen LogP contribution in [0.1, 0.15) is 16.5 Å². The van der Waals surface area contributed by atoms with E-state index in [-0.39, 0.29) is 5.91 Å². The number of hydrogen-bond donors (Lipinski definition) is 1. The fourth-order valence-electron chi connectivity index (χ4n) is 2.45. The number of para-hydroxylation sites is 2. The van der Waals surface area contributed by atoms with Crippen LogP contribution in [0.4, 0.5) is 0 Å². The van der Waals surface area contributed by atoms with Crippen LogP contribution in [0.2, 0.25) is 0 Å². The first-order valence-electron chi connectivity index (χ1n) is 7.43. The van der Waals surface area contributed by atoms with E-state index in [9.17, 15) is 4.79 Å². The molecule has 0 unspecified atom stereocenters. The third kappa shape index (κ3) is 3.65. The van der Waals surface area contributed by atoms with E-state index in [1.54, 1.807) is 17.4 Å². The maximum atomic E-state index is 11.9. The lowest BCUT2D eigenvalue weighted by Crippen LogP contribution is -2.25. The van der Waals surface area contributed by atoms with Gasteiger partial charge >= 0.3 is 0 Å². The Balaban J connectivity index is 1.57. The Morgan fingerprint density at radius 2 is 2.13 bits per heavy atom. The molecule has 0 spiro atoms. The van der Waals surface area contributed by atoms with Gasteiger partial charge in [-0.1, -0.05) is 12.1 Å². The maximum absolute atomic E-state index is 11.9. The van der Waals surface area contributed by atoms with Crippen molar-refractivity contribution in [3.63, 3.8) is 0 Å². The molecule has 5 nitrogen and oxygen atoms in total. The molecule has 0 radical (unpaired) electrons. The van der Waals surface area contributed by atoms with Gasteiger partial charge in [-0.15, -0.1) is 11.3 Å². The normalized spacial score (nSPS) is 11.4. The van der Waals surface area contributed by atoms with E-state index in [1.165, 1.54) is 6.08 Å². The van der Waals surface area contributed by atoms with Crippen LogP contribution in [0.3, 0.4) is 0 Å². The van der Waals surface area contributed by atoms with Crippen LogP contribution >= 0.6 is 11.3 Å². The maximum Gasteiger partial charge on any atom is 0.244 e. The number of aromatic nitrogens is 3. The predicted octanol–water partition coefficient (Wildman–Crippen LogP) is 2.94. The molecular weight excluding hydrogens is 308 g/mol. The van der Waals surface area contributed by atoms with Crippen molar-refractivity contribution in [1.82, 2.24) is 19.9 Å². The van der Waals surface area contributed by atoms with Gasteiger partial charge in [0, 0.05) is 24.5 Å². The van der Waals surface area contributed by atoms with E-state index in [1.807, 2.05) is 43.5 Å². The highest BCUT2D eigenvalue weighted by Gasteiger charge is 2.06. The second kappa shape index (κ2) is 6.75. The Labute approximate surface area is 138 Å². The Morgan fingerprint density at radius 3 is 2.91 bits per heavy atom. The van der Waals surface area contributed by atoms with Crippen LogP contribution < -0.4 is 5.32 Å². The molecule has 2 aromatic heterocycles. The van der Waals surface area contributed by atoms with Gasteiger partial charge in [0.05, 0.1) is 21.7 Å². The summed E-state index contributed by atoms with van der Waals surface area (Å²) in [5.74, 6) is 0.840. The average Bonchev–Trinajstić information content (AvgIpc) is 3.09. The van der Waals surface area contributed by atoms with Crippen molar-refractivity contribution in [2.24, 2.45) is 0 Å². The van der Waals surface area contributed by atoms with Gasteiger partial charge in [-0.05, 0) is 32.1 Å². The molecule has 23 heavy (non-hydrogen) atoms. The number of imidazole rings is 1. The van der Waals surface area contributed by atoms with Crippen LogP contribution in [-0.4, -0.2) is 27.0 Å². The Kier molecular flexibility index (Phi) is 4.52. The Bertz CT molecular complexity index is 862. The fraction of sp³-hybridized carbons (Fsp3) is 0.235. The van der Waals surface area contributed by atoms with Gasteiger partial charge in [-0.2, -0.15) is 0 Å². The van der Waals surface area contributed by atoms with E-state index in [0.29, 0.717) is 13.1 Å². The zero-order valence-electron chi connectivity index (χ0n) is 13.1. The lowest BCUT2D eigenvalue weighted by Gasteiger charge is -2.07. The number of nitrogens with one attached hydrogen (secondary N) is 1. The van der Waals surface area contributed by atoms with Crippen LogP contribution in [0, 0.1) is 13.8 Å². The van der Waals surface area contributed by atoms with E-state index in [0.717, 1.165) is 27.6 Å². The summed E-state index contributed by atoms with van der Waals surface area (Å²) in [6.07, 6.45) is 3.25. The van der Waals surface area contributed by atoms with Crippen LogP contribution in [-0.2, 0) is 11.3 Å². The molecule has 3 rings (SSSR count). The first-order valence-corrected chi connectivity index (χ1v) is 8.31. The van der Waals surface area contributed by atoms with Crippen LogP contribution in [0.5, 0.6) is 0 Å². The molecule has 0 atom stereocenters. The summed E-state index contributed by atoms with van der Waals surface area (Å²) >= 11 is 1.57. The number of fused-ring (bicyclic) bond motifs is 1. The standard InChI is InChI=1S/C17H18N4OS/c1-12-19-15-5-3-4-6-16(15)21(12)10-9-18-17(22)8-7-14-11-23-13(2)20-14/h3-8,11H,9-10H2,1-2H3,(H,18,22)/b8-7+. The molecule has 2 heterocycles. The lowest BCUT2D eigenvalue weighted by atomic mass is 10.3. The monoisotopic (exact) mass is 326 g/mol. The molecule has 1 N–H and O–H groups in total. The van der Waals surface area contributed by atoms with E-state index >= 15 is 0 Å². The summed E-state index contributed by atoms with van der Waals surface area (Å²) in [4.78, 5) is 20.7. The largest absolute Gasteiger partial charge is 0.351 e. The Morgan fingerprint density at radius 1 is 1.30 bits per heavy atom. The molecule has 0 bridgehead atoms. The van der Waals surface area contributed by atoms with E-state index in [2.05, 4.69) is 19.9 Å². The van der Waals surface area contributed by atoms with E-state index in [4.69, 9.17) is 0 Å². The van der Waals surface area contributed by atoms with Crippen molar-refractivity contribution in [2.75, 3.05) is 6.54 Å². The molecule has 1 aromatic carbocycles. The molecule has 0 aliphatic heterocycles. The number of hydrogen-bond acceptors (Lipinski definition) is 4. The highest BCUT2D eigenvalue weighted by atomic mass is 32.1. The fourth-order valence-corrected chi connectivity index (χ4v) is 3.03. The van der Waals surface area contributed by atoms with Crippen molar-refractivity contribution in [2.45, 2.75) is 20.4 Å². The number of amides is 1.